The number of halogens is 1. The van der Waals surface area contributed by atoms with E-state index < -0.39 is 0 Å². The third-order valence-corrected chi connectivity index (χ3v) is 3.70. The fourth-order valence-electron chi connectivity index (χ4n) is 1.56. The molecule has 0 N–H and O–H groups in total. The lowest BCUT2D eigenvalue weighted by Crippen LogP contribution is -2.29. The highest BCUT2D eigenvalue weighted by atomic mass is 35.5. The van der Waals surface area contributed by atoms with Gasteiger partial charge in [0.15, 0.2) is 0 Å². The molecular formula is C9H12ClNOS. The van der Waals surface area contributed by atoms with Gasteiger partial charge >= 0.3 is 0 Å². The first-order valence-corrected chi connectivity index (χ1v) is 5.77. The summed E-state index contributed by atoms with van der Waals surface area (Å²) in [6.07, 6.45) is 3.91. The molecule has 0 radical (unpaired) electrons. The summed E-state index contributed by atoms with van der Waals surface area (Å²) in [5, 5.41) is 0.274. The van der Waals surface area contributed by atoms with E-state index >= 15 is 0 Å². The molecule has 2 unspecified atom stereocenters. The number of nitrogens with zero attached hydrogens (tertiary/aromatic N) is 1. The van der Waals surface area contributed by atoms with Crippen LogP contribution in [0.3, 0.4) is 0 Å². The van der Waals surface area contributed by atoms with E-state index in [2.05, 4.69) is 4.98 Å². The summed E-state index contributed by atoms with van der Waals surface area (Å²) in [7, 11) is 0. The normalized spacial score (nSPS) is 29.0. The summed E-state index contributed by atoms with van der Waals surface area (Å²) < 4.78 is 5.40. The van der Waals surface area contributed by atoms with Gasteiger partial charge in [-0.2, -0.15) is 0 Å². The Kier molecular flexibility index (Phi) is 3.19. The van der Waals surface area contributed by atoms with Gasteiger partial charge in [0.2, 0.25) is 0 Å². The van der Waals surface area contributed by atoms with E-state index in [1.807, 2.05) is 11.7 Å². The van der Waals surface area contributed by atoms with Crippen molar-refractivity contribution in [3.63, 3.8) is 0 Å². The van der Waals surface area contributed by atoms with Gasteiger partial charge in [-0.15, -0.1) is 22.9 Å². The summed E-state index contributed by atoms with van der Waals surface area (Å²) in [5.41, 5.74) is 1.86. The third kappa shape index (κ3) is 2.42. The first kappa shape index (κ1) is 9.44. The summed E-state index contributed by atoms with van der Waals surface area (Å²) in [4.78, 5) is 5.35. The number of hydrogen-bond donors (Lipinski definition) is 0. The zero-order valence-electron chi connectivity index (χ0n) is 7.28. The first-order valence-electron chi connectivity index (χ1n) is 4.45. The van der Waals surface area contributed by atoms with E-state index in [0.717, 1.165) is 26.1 Å². The molecule has 1 aliphatic rings. The Labute approximate surface area is 86.9 Å². The van der Waals surface area contributed by atoms with Crippen LogP contribution in [0.15, 0.2) is 11.7 Å². The molecule has 0 aliphatic carbocycles. The largest absolute Gasteiger partial charge is 0.381 e. The summed E-state index contributed by atoms with van der Waals surface area (Å²) in [5.74, 6) is 0.468. The number of alkyl halides is 1. The average molecular weight is 218 g/mol. The lowest BCUT2D eigenvalue weighted by molar-refractivity contribution is 0.0580. The monoisotopic (exact) mass is 217 g/mol. The molecule has 0 bridgehead atoms. The maximum absolute atomic E-state index is 6.20. The van der Waals surface area contributed by atoms with E-state index in [-0.39, 0.29) is 5.38 Å². The predicted octanol–water partition coefficient (Wildman–Crippen LogP) is 2.33. The number of hydrogen-bond acceptors (Lipinski definition) is 3. The van der Waals surface area contributed by atoms with Crippen LogP contribution in [0.1, 0.15) is 11.3 Å². The van der Waals surface area contributed by atoms with Gasteiger partial charge in [-0.05, 0) is 12.8 Å². The molecule has 1 saturated heterocycles. The van der Waals surface area contributed by atoms with Crippen LogP contribution in [-0.4, -0.2) is 23.6 Å². The molecule has 2 heterocycles. The van der Waals surface area contributed by atoms with Crippen LogP contribution in [0.5, 0.6) is 0 Å². The Hall–Kier alpha value is -0.120. The van der Waals surface area contributed by atoms with Gasteiger partial charge in [0.1, 0.15) is 0 Å². The number of rotatable bonds is 2. The number of thiazole rings is 1. The smallest absolute Gasteiger partial charge is 0.0794 e. The van der Waals surface area contributed by atoms with E-state index in [4.69, 9.17) is 16.3 Å². The zero-order chi connectivity index (χ0) is 9.10. The fraction of sp³-hybridized carbons (Fsp3) is 0.667. The molecule has 13 heavy (non-hydrogen) atoms. The Balaban J connectivity index is 1.93. The molecule has 1 aromatic heterocycles. The Morgan fingerprint density at radius 3 is 3.31 bits per heavy atom. The van der Waals surface area contributed by atoms with Crippen LogP contribution in [-0.2, 0) is 11.2 Å². The third-order valence-electron chi connectivity index (χ3n) is 2.33. The minimum atomic E-state index is 0.274. The van der Waals surface area contributed by atoms with Gasteiger partial charge in [-0.3, -0.25) is 4.98 Å². The molecule has 4 heteroatoms. The van der Waals surface area contributed by atoms with E-state index in [0.29, 0.717) is 5.92 Å². The molecule has 2 rings (SSSR count). The van der Waals surface area contributed by atoms with Gasteiger partial charge in [-0.25, -0.2) is 0 Å². The predicted molar refractivity (Wildman–Crippen MR) is 54.4 cm³/mol. The number of ether oxygens (including phenoxy) is 1. The lowest BCUT2D eigenvalue weighted by Gasteiger charge is -2.26. The molecule has 1 aromatic rings. The van der Waals surface area contributed by atoms with Crippen molar-refractivity contribution < 1.29 is 4.74 Å². The molecule has 0 amide bonds. The van der Waals surface area contributed by atoms with Crippen molar-refractivity contribution in [3.8, 4) is 0 Å². The number of aromatic nitrogens is 1. The SMILES string of the molecule is ClC1CCOCC1Cc1cncs1. The van der Waals surface area contributed by atoms with Crippen molar-refractivity contribution in [2.45, 2.75) is 18.2 Å². The lowest BCUT2D eigenvalue weighted by atomic mass is 9.97. The van der Waals surface area contributed by atoms with Crippen LogP contribution in [0.25, 0.3) is 0 Å². The topological polar surface area (TPSA) is 22.1 Å². The summed E-state index contributed by atoms with van der Waals surface area (Å²) in [6.45, 7) is 1.61. The molecule has 0 aromatic carbocycles. The van der Waals surface area contributed by atoms with E-state index in [9.17, 15) is 0 Å². The van der Waals surface area contributed by atoms with Crippen LogP contribution in [0.2, 0.25) is 0 Å². The second-order valence-corrected chi connectivity index (χ2v) is 4.84. The quantitative estimate of drug-likeness (QED) is 0.710. The average Bonchev–Trinajstić information content (AvgIpc) is 2.61. The minimum Gasteiger partial charge on any atom is -0.381 e. The van der Waals surface area contributed by atoms with Gasteiger partial charge in [-0.1, -0.05) is 0 Å². The Bertz CT molecular complexity index is 252. The second kappa shape index (κ2) is 4.40. The molecule has 1 fully saturated rings. The minimum absolute atomic E-state index is 0.274. The molecule has 0 saturated carbocycles. The van der Waals surface area contributed by atoms with Crippen LogP contribution < -0.4 is 0 Å². The molecule has 0 spiro atoms. The first-order chi connectivity index (χ1) is 6.36. The van der Waals surface area contributed by atoms with Crippen molar-refractivity contribution >= 4 is 22.9 Å². The van der Waals surface area contributed by atoms with Gasteiger partial charge < -0.3 is 4.74 Å². The molecule has 1 aliphatic heterocycles. The highest BCUT2D eigenvalue weighted by molar-refractivity contribution is 7.09. The summed E-state index contributed by atoms with van der Waals surface area (Å²) >= 11 is 7.90. The van der Waals surface area contributed by atoms with Crippen molar-refractivity contribution in [3.05, 3.63) is 16.6 Å². The highest BCUT2D eigenvalue weighted by Gasteiger charge is 2.24. The maximum Gasteiger partial charge on any atom is 0.0794 e. The van der Waals surface area contributed by atoms with Gasteiger partial charge in [0.05, 0.1) is 12.1 Å². The van der Waals surface area contributed by atoms with Crippen molar-refractivity contribution in [2.75, 3.05) is 13.2 Å². The van der Waals surface area contributed by atoms with Crippen LogP contribution >= 0.6 is 22.9 Å². The van der Waals surface area contributed by atoms with Crippen molar-refractivity contribution in [1.29, 1.82) is 0 Å². The van der Waals surface area contributed by atoms with E-state index in [1.54, 1.807) is 11.3 Å². The zero-order valence-corrected chi connectivity index (χ0v) is 8.85. The van der Waals surface area contributed by atoms with Gasteiger partial charge in [0.25, 0.3) is 0 Å². The standard InChI is InChI=1S/C9H12ClNOS/c10-9-1-2-12-5-7(9)3-8-4-11-6-13-8/h4,6-7,9H,1-3,5H2. The van der Waals surface area contributed by atoms with E-state index in [1.165, 1.54) is 4.88 Å². The maximum atomic E-state index is 6.20. The summed E-state index contributed by atoms with van der Waals surface area (Å²) in [6, 6.07) is 0. The van der Waals surface area contributed by atoms with Crippen molar-refractivity contribution in [1.82, 2.24) is 4.98 Å². The molecule has 2 nitrogen and oxygen atoms in total. The van der Waals surface area contributed by atoms with Crippen LogP contribution in [0.4, 0.5) is 0 Å². The molecule has 72 valence electrons. The van der Waals surface area contributed by atoms with Gasteiger partial charge in [0, 0.05) is 29.0 Å². The highest BCUT2D eigenvalue weighted by Crippen LogP contribution is 2.25. The Morgan fingerprint density at radius 2 is 2.62 bits per heavy atom. The Morgan fingerprint density at radius 1 is 1.69 bits per heavy atom. The molecule has 2 atom stereocenters. The molecular weight excluding hydrogens is 206 g/mol. The van der Waals surface area contributed by atoms with Crippen molar-refractivity contribution in [2.24, 2.45) is 5.92 Å². The second-order valence-electron chi connectivity index (χ2n) is 3.31. The fourth-order valence-corrected chi connectivity index (χ4v) is 2.50. The van der Waals surface area contributed by atoms with Crippen LogP contribution in [0, 0.1) is 5.92 Å².